The summed E-state index contributed by atoms with van der Waals surface area (Å²) in [5.74, 6) is 2.28. The molecule has 0 aromatic carbocycles. The van der Waals surface area contributed by atoms with Gasteiger partial charge in [0, 0.05) is 23.3 Å². The highest BCUT2D eigenvalue weighted by atomic mass is 16.5. The second kappa shape index (κ2) is 5.48. The molecule has 0 amide bonds. The zero-order chi connectivity index (χ0) is 17.0. The summed E-state index contributed by atoms with van der Waals surface area (Å²) in [6.07, 6.45) is 11.4. The highest BCUT2D eigenvalue weighted by molar-refractivity contribution is 6.04. The van der Waals surface area contributed by atoms with E-state index in [-0.39, 0.29) is 11.5 Å². The van der Waals surface area contributed by atoms with Gasteiger partial charge in [-0.25, -0.2) is 9.78 Å². The predicted molar refractivity (Wildman–Crippen MR) is 96.6 cm³/mol. The molecule has 4 aliphatic carbocycles. The number of nitrogens with one attached hydrogen (secondary N) is 2. The molecule has 0 unspecified atom stereocenters. The van der Waals surface area contributed by atoms with Crippen LogP contribution in [0.15, 0.2) is 18.5 Å². The Hall–Kier alpha value is -2.04. The lowest BCUT2D eigenvalue weighted by Crippen LogP contribution is -2.55. The fourth-order valence-corrected chi connectivity index (χ4v) is 6.04. The summed E-state index contributed by atoms with van der Waals surface area (Å²) in [6.45, 7) is 2.22. The zero-order valence-electron chi connectivity index (χ0n) is 14.7. The third-order valence-electron chi connectivity index (χ3n) is 6.51. The van der Waals surface area contributed by atoms with Crippen LogP contribution in [0.25, 0.3) is 11.0 Å². The highest BCUT2D eigenvalue weighted by Gasteiger charge is 2.51. The number of ether oxygens (including phenoxy) is 1. The van der Waals surface area contributed by atoms with Crippen LogP contribution in [0.4, 0.5) is 5.69 Å². The van der Waals surface area contributed by atoms with Crippen molar-refractivity contribution in [2.24, 2.45) is 17.8 Å². The smallest absolute Gasteiger partial charge is 0.341 e. The van der Waals surface area contributed by atoms with Crippen molar-refractivity contribution in [2.45, 2.75) is 51.0 Å². The van der Waals surface area contributed by atoms with Crippen LogP contribution in [-0.4, -0.2) is 28.1 Å². The average Bonchev–Trinajstić information content (AvgIpc) is 3.03. The molecule has 2 N–H and O–H groups in total. The van der Waals surface area contributed by atoms with Crippen LogP contribution >= 0.6 is 0 Å². The lowest BCUT2D eigenvalue weighted by Gasteiger charge is -2.57. The summed E-state index contributed by atoms with van der Waals surface area (Å²) < 4.78 is 5.29. The number of nitrogens with zero attached hydrogens (tertiary/aromatic N) is 1. The minimum absolute atomic E-state index is 0.140. The average molecular weight is 339 g/mol. The third kappa shape index (κ3) is 2.43. The molecule has 2 aromatic rings. The summed E-state index contributed by atoms with van der Waals surface area (Å²) >= 11 is 0. The molecule has 25 heavy (non-hydrogen) atoms. The standard InChI is InChI=1S/C20H25N3O2/c1-2-25-19(24)16-11-22-18-15(3-4-21-18)17(16)23-20-8-12-5-13(9-20)7-14(6-12)10-20/h3-4,11-14H,2,5-10H2,1H3,(H2,21,22,23). The molecule has 5 nitrogen and oxygen atoms in total. The van der Waals surface area contributed by atoms with Gasteiger partial charge in [0.2, 0.25) is 0 Å². The maximum absolute atomic E-state index is 12.5. The number of hydrogen-bond donors (Lipinski definition) is 2. The van der Waals surface area contributed by atoms with E-state index in [0.717, 1.165) is 34.5 Å². The number of pyridine rings is 1. The van der Waals surface area contributed by atoms with Gasteiger partial charge in [0.1, 0.15) is 11.2 Å². The highest BCUT2D eigenvalue weighted by Crippen LogP contribution is 2.57. The number of H-pyrrole nitrogens is 1. The molecule has 4 bridgehead atoms. The molecule has 0 aliphatic heterocycles. The van der Waals surface area contributed by atoms with Gasteiger partial charge in [-0.2, -0.15) is 0 Å². The first-order chi connectivity index (χ1) is 12.2. The van der Waals surface area contributed by atoms with Gasteiger partial charge >= 0.3 is 5.97 Å². The molecule has 132 valence electrons. The second-order valence-electron chi connectivity index (χ2n) is 8.33. The minimum atomic E-state index is -0.287. The summed E-state index contributed by atoms with van der Waals surface area (Å²) in [5.41, 5.74) is 2.43. The lowest BCUT2D eigenvalue weighted by molar-refractivity contribution is 0.0107. The number of carbonyl (C=O) groups is 1. The lowest BCUT2D eigenvalue weighted by atomic mass is 9.53. The van der Waals surface area contributed by atoms with Gasteiger partial charge in [0.25, 0.3) is 0 Å². The molecule has 4 fully saturated rings. The maximum Gasteiger partial charge on any atom is 0.341 e. The fourth-order valence-electron chi connectivity index (χ4n) is 6.04. The fraction of sp³-hybridized carbons (Fsp3) is 0.600. The third-order valence-corrected chi connectivity index (χ3v) is 6.51. The Morgan fingerprint density at radius 1 is 1.28 bits per heavy atom. The summed E-state index contributed by atoms with van der Waals surface area (Å²) in [4.78, 5) is 20.1. The molecule has 0 saturated heterocycles. The van der Waals surface area contributed by atoms with E-state index in [1.165, 1.54) is 38.5 Å². The number of fused-ring (bicyclic) bond motifs is 1. The number of rotatable bonds is 4. The largest absolute Gasteiger partial charge is 0.462 e. The first kappa shape index (κ1) is 15.2. The molecule has 0 spiro atoms. The van der Waals surface area contributed by atoms with E-state index in [2.05, 4.69) is 15.3 Å². The van der Waals surface area contributed by atoms with Crippen molar-refractivity contribution in [1.82, 2.24) is 9.97 Å². The Labute approximate surface area is 147 Å². The second-order valence-corrected chi connectivity index (χ2v) is 8.33. The first-order valence-corrected chi connectivity index (χ1v) is 9.57. The maximum atomic E-state index is 12.5. The molecule has 4 aliphatic rings. The minimum Gasteiger partial charge on any atom is -0.462 e. The number of aromatic nitrogens is 2. The normalized spacial score (nSPS) is 32.9. The molecule has 0 atom stereocenters. The van der Waals surface area contributed by atoms with E-state index in [1.807, 2.05) is 19.2 Å². The van der Waals surface area contributed by atoms with Crippen LogP contribution in [-0.2, 0) is 4.74 Å². The van der Waals surface area contributed by atoms with Gasteiger partial charge in [-0.15, -0.1) is 0 Å². The number of anilines is 1. The van der Waals surface area contributed by atoms with E-state index in [4.69, 9.17) is 4.74 Å². The monoisotopic (exact) mass is 339 g/mol. The summed E-state index contributed by atoms with van der Waals surface area (Å²) in [6, 6.07) is 2.01. The van der Waals surface area contributed by atoms with E-state index in [9.17, 15) is 4.79 Å². The van der Waals surface area contributed by atoms with Gasteiger partial charge in [-0.1, -0.05) is 0 Å². The Balaban J connectivity index is 1.56. The van der Waals surface area contributed by atoms with Crippen molar-refractivity contribution in [3.05, 3.63) is 24.0 Å². The number of esters is 1. The molecule has 2 heterocycles. The van der Waals surface area contributed by atoms with Crippen LogP contribution in [0, 0.1) is 17.8 Å². The van der Waals surface area contributed by atoms with Crippen molar-refractivity contribution >= 4 is 22.7 Å². The molecular weight excluding hydrogens is 314 g/mol. The van der Waals surface area contributed by atoms with Crippen molar-refractivity contribution in [1.29, 1.82) is 0 Å². The molecule has 0 radical (unpaired) electrons. The molecule has 4 saturated carbocycles. The van der Waals surface area contributed by atoms with Gasteiger partial charge in [-0.3, -0.25) is 0 Å². The van der Waals surface area contributed by atoms with Crippen LogP contribution < -0.4 is 5.32 Å². The topological polar surface area (TPSA) is 67.0 Å². The van der Waals surface area contributed by atoms with E-state index >= 15 is 0 Å². The summed E-state index contributed by atoms with van der Waals surface area (Å²) in [5, 5.41) is 4.85. The van der Waals surface area contributed by atoms with Gasteiger partial charge in [0.05, 0.1) is 12.3 Å². The van der Waals surface area contributed by atoms with Gasteiger partial charge in [-0.05, 0) is 69.3 Å². The van der Waals surface area contributed by atoms with E-state index in [1.54, 1.807) is 6.20 Å². The van der Waals surface area contributed by atoms with Crippen molar-refractivity contribution in [2.75, 3.05) is 11.9 Å². The Morgan fingerprint density at radius 3 is 2.60 bits per heavy atom. The Kier molecular flexibility index (Phi) is 3.34. The summed E-state index contributed by atoms with van der Waals surface area (Å²) in [7, 11) is 0. The SMILES string of the molecule is CCOC(=O)c1cnc2[nH]ccc2c1NC12CC3CC(CC(C3)C1)C2. The van der Waals surface area contributed by atoms with Crippen LogP contribution in [0.3, 0.4) is 0 Å². The van der Waals surface area contributed by atoms with Crippen molar-refractivity contribution in [3.63, 3.8) is 0 Å². The van der Waals surface area contributed by atoms with Gasteiger partial charge in [0.15, 0.2) is 0 Å². The first-order valence-electron chi connectivity index (χ1n) is 9.57. The molecule has 2 aromatic heterocycles. The van der Waals surface area contributed by atoms with Gasteiger partial charge < -0.3 is 15.0 Å². The molecule has 5 heteroatoms. The zero-order valence-corrected chi connectivity index (χ0v) is 14.7. The van der Waals surface area contributed by atoms with E-state index < -0.39 is 0 Å². The molecule has 6 rings (SSSR count). The van der Waals surface area contributed by atoms with Crippen LogP contribution in [0.2, 0.25) is 0 Å². The molecular formula is C20H25N3O2. The Morgan fingerprint density at radius 2 is 1.96 bits per heavy atom. The van der Waals surface area contributed by atoms with Crippen molar-refractivity contribution < 1.29 is 9.53 Å². The van der Waals surface area contributed by atoms with Crippen molar-refractivity contribution in [3.8, 4) is 0 Å². The van der Waals surface area contributed by atoms with E-state index in [0.29, 0.717) is 12.2 Å². The number of carbonyl (C=O) groups excluding carboxylic acids is 1. The predicted octanol–water partition coefficient (Wildman–Crippen LogP) is 4.12. The Bertz CT molecular complexity index is 790. The van der Waals surface area contributed by atoms with Crippen LogP contribution in [0.5, 0.6) is 0 Å². The number of aromatic amines is 1. The van der Waals surface area contributed by atoms with Crippen LogP contribution in [0.1, 0.15) is 55.8 Å². The quantitative estimate of drug-likeness (QED) is 0.822. The number of hydrogen-bond acceptors (Lipinski definition) is 4.